The van der Waals surface area contributed by atoms with Crippen LogP contribution in [0, 0.1) is 0 Å². The Morgan fingerprint density at radius 3 is 1.35 bits per heavy atom. The van der Waals surface area contributed by atoms with E-state index in [1.54, 1.807) is 0 Å². The molecule has 0 radical (unpaired) electrons. The molecule has 0 fully saturated rings. The van der Waals surface area contributed by atoms with Gasteiger partial charge < -0.3 is 4.57 Å². The molecule has 0 amide bonds. The summed E-state index contributed by atoms with van der Waals surface area (Å²) in [7, 11) is 0. The van der Waals surface area contributed by atoms with Crippen molar-refractivity contribution in [1.82, 2.24) is 34.1 Å². The van der Waals surface area contributed by atoms with Gasteiger partial charge >= 0.3 is 0 Å². The van der Waals surface area contributed by atoms with Crippen LogP contribution in [0.4, 0.5) is 0 Å². The summed E-state index contributed by atoms with van der Waals surface area (Å²) in [6.45, 7) is 0. The summed E-state index contributed by atoms with van der Waals surface area (Å²) < 4.78 is 4.57. The van der Waals surface area contributed by atoms with Gasteiger partial charge in [-0.3, -0.25) is 4.57 Å². The standard InChI is InChI=1S/C61H39N7/c1-5-20-40(21-6-1)44-28-19-29-45(36-44)59-64-58(43-26-11-4-12-27-43)65-61(66-59)68-54-34-17-14-31-47(54)50-37-49-46-30-13-16-33-53(46)67(56(49)39-57(50)68)55-35-18-15-32-48(55)60-62-51(41-22-7-2-8-23-41)38-52(63-60)42-24-9-3-10-25-42/h1-39H. The molecule has 0 saturated heterocycles. The predicted octanol–water partition coefficient (Wildman–Crippen LogP) is 14.9. The van der Waals surface area contributed by atoms with Crippen LogP contribution in [0.5, 0.6) is 0 Å². The number of para-hydroxylation sites is 3. The highest BCUT2D eigenvalue weighted by atomic mass is 15.2. The van der Waals surface area contributed by atoms with Gasteiger partial charge in [0, 0.05) is 49.4 Å². The maximum Gasteiger partial charge on any atom is 0.238 e. The van der Waals surface area contributed by atoms with E-state index in [9.17, 15) is 0 Å². The van der Waals surface area contributed by atoms with Crippen molar-refractivity contribution in [2.75, 3.05) is 0 Å². The lowest BCUT2D eigenvalue weighted by Crippen LogP contribution is -2.06. The van der Waals surface area contributed by atoms with E-state index in [4.69, 9.17) is 24.9 Å². The van der Waals surface area contributed by atoms with Crippen LogP contribution in [-0.2, 0) is 0 Å². The second-order valence-corrected chi connectivity index (χ2v) is 16.9. The average molecular weight is 870 g/mol. The van der Waals surface area contributed by atoms with Crippen molar-refractivity contribution in [1.29, 1.82) is 0 Å². The van der Waals surface area contributed by atoms with E-state index in [1.165, 1.54) is 0 Å². The molecule has 0 saturated carbocycles. The number of rotatable bonds is 8. The van der Waals surface area contributed by atoms with Crippen molar-refractivity contribution in [3.8, 4) is 79.4 Å². The minimum Gasteiger partial charge on any atom is -0.308 e. The second-order valence-electron chi connectivity index (χ2n) is 16.9. The highest BCUT2D eigenvalue weighted by Gasteiger charge is 2.23. The van der Waals surface area contributed by atoms with Gasteiger partial charge in [0.15, 0.2) is 17.5 Å². The molecule has 0 aliphatic rings. The van der Waals surface area contributed by atoms with Crippen molar-refractivity contribution in [3.63, 3.8) is 0 Å². The number of nitrogens with zero attached hydrogens (tertiary/aromatic N) is 7. The molecule has 318 valence electrons. The molecule has 0 bridgehead atoms. The first-order chi connectivity index (χ1) is 33.7. The molecule has 68 heavy (non-hydrogen) atoms. The van der Waals surface area contributed by atoms with E-state index in [0.29, 0.717) is 23.4 Å². The van der Waals surface area contributed by atoms with Gasteiger partial charge in [0.05, 0.1) is 39.1 Å². The topological polar surface area (TPSA) is 74.3 Å². The molecular weight excluding hydrogens is 831 g/mol. The summed E-state index contributed by atoms with van der Waals surface area (Å²) in [6, 6.07) is 82.1. The van der Waals surface area contributed by atoms with Gasteiger partial charge in [0.2, 0.25) is 5.95 Å². The molecule has 0 atom stereocenters. The Morgan fingerprint density at radius 1 is 0.250 bits per heavy atom. The Kier molecular flexibility index (Phi) is 9.35. The zero-order valence-electron chi connectivity index (χ0n) is 36.6. The Labute approximate surface area is 392 Å². The van der Waals surface area contributed by atoms with Crippen LogP contribution in [0.15, 0.2) is 237 Å². The quantitative estimate of drug-likeness (QED) is 0.152. The summed E-state index contributed by atoms with van der Waals surface area (Å²) in [6.07, 6.45) is 0. The summed E-state index contributed by atoms with van der Waals surface area (Å²) in [5.74, 6) is 2.37. The van der Waals surface area contributed by atoms with Gasteiger partial charge in [0.1, 0.15) is 0 Å². The van der Waals surface area contributed by atoms with Crippen molar-refractivity contribution < 1.29 is 0 Å². The molecule has 0 aliphatic heterocycles. The first-order valence-corrected chi connectivity index (χ1v) is 22.8. The van der Waals surface area contributed by atoms with Gasteiger partial charge in [-0.2, -0.15) is 9.97 Å². The minimum absolute atomic E-state index is 0.534. The zero-order valence-corrected chi connectivity index (χ0v) is 36.6. The van der Waals surface area contributed by atoms with Gasteiger partial charge in [-0.05, 0) is 59.7 Å². The first kappa shape index (κ1) is 39.1. The van der Waals surface area contributed by atoms with Crippen LogP contribution in [0.25, 0.3) is 123 Å². The van der Waals surface area contributed by atoms with Crippen LogP contribution in [-0.4, -0.2) is 34.1 Å². The van der Waals surface area contributed by atoms with Crippen LogP contribution in [0.1, 0.15) is 0 Å². The monoisotopic (exact) mass is 869 g/mol. The maximum absolute atomic E-state index is 5.35. The predicted molar refractivity (Wildman–Crippen MR) is 277 cm³/mol. The summed E-state index contributed by atoms with van der Waals surface area (Å²) in [5, 5.41) is 4.49. The summed E-state index contributed by atoms with van der Waals surface area (Å²) in [5.41, 5.74) is 13.8. The van der Waals surface area contributed by atoms with Gasteiger partial charge in [-0.25, -0.2) is 15.0 Å². The van der Waals surface area contributed by atoms with E-state index in [1.807, 2.05) is 36.4 Å². The molecule has 7 heteroatoms. The van der Waals surface area contributed by atoms with E-state index in [2.05, 4.69) is 209 Å². The van der Waals surface area contributed by atoms with Crippen LogP contribution >= 0.6 is 0 Å². The second kappa shape index (κ2) is 16.3. The van der Waals surface area contributed by atoms with Gasteiger partial charge in [-0.15, -0.1) is 0 Å². The number of hydrogen-bond donors (Lipinski definition) is 0. The third-order valence-electron chi connectivity index (χ3n) is 12.8. The molecule has 7 nitrogen and oxygen atoms in total. The molecule has 13 aromatic rings. The lowest BCUT2D eigenvalue weighted by Gasteiger charge is -2.15. The third kappa shape index (κ3) is 6.72. The number of aromatic nitrogens is 7. The highest BCUT2D eigenvalue weighted by Crippen LogP contribution is 2.41. The molecule has 0 unspecified atom stereocenters. The highest BCUT2D eigenvalue weighted by molar-refractivity contribution is 6.19. The SMILES string of the molecule is c1ccc(-c2cccc(-c3nc(-c4ccccc4)nc(-n4c5ccccc5c5cc6c7ccccc7n(-c7ccccc7-c7nc(-c8ccccc8)cc(-c8ccccc8)n7)c6cc54)n3)c2)cc1. The van der Waals surface area contributed by atoms with Gasteiger partial charge in [-0.1, -0.05) is 188 Å². The summed E-state index contributed by atoms with van der Waals surface area (Å²) >= 11 is 0. The van der Waals surface area contributed by atoms with Crippen LogP contribution in [0.2, 0.25) is 0 Å². The largest absolute Gasteiger partial charge is 0.308 e. The molecular formula is C61H39N7. The first-order valence-electron chi connectivity index (χ1n) is 22.8. The number of fused-ring (bicyclic) bond motifs is 6. The van der Waals surface area contributed by atoms with Gasteiger partial charge in [0.25, 0.3) is 0 Å². The average Bonchev–Trinajstić information content (AvgIpc) is 3.92. The van der Waals surface area contributed by atoms with E-state index in [-0.39, 0.29) is 0 Å². The van der Waals surface area contributed by atoms with Crippen LogP contribution < -0.4 is 0 Å². The smallest absolute Gasteiger partial charge is 0.238 e. The number of benzene rings is 9. The fourth-order valence-electron chi connectivity index (χ4n) is 9.62. The zero-order chi connectivity index (χ0) is 45.0. The Hall–Kier alpha value is -9.33. The molecule has 0 N–H and O–H groups in total. The molecule has 13 rings (SSSR count). The number of hydrogen-bond acceptors (Lipinski definition) is 5. The fourth-order valence-corrected chi connectivity index (χ4v) is 9.62. The minimum atomic E-state index is 0.534. The molecule has 9 aromatic carbocycles. The van der Waals surface area contributed by atoms with E-state index >= 15 is 0 Å². The van der Waals surface area contributed by atoms with Crippen LogP contribution in [0.3, 0.4) is 0 Å². The normalized spacial score (nSPS) is 11.5. The molecule has 0 spiro atoms. The fraction of sp³-hybridized carbons (Fsp3) is 0. The molecule has 0 aliphatic carbocycles. The Morgan fingerprint density at radius 2 is 0.721 bits per heavy atom. The van der Waals surface area contributed by atoms with Crippen molar-refractivity contribution in [2.45, 2.75) is 0 Å². The summed E-state index contributed by atoms with van der Waals surface area (Å²) in [4.78, 5) is 26.4. The third-order valence-corrected chi connectivity index (χ3v) is 12.8. The Bertz CT molecular complexity index is 3950. The molecule has 4 aromatic heterocycles. The van der Waals surface area contributed by atoms with E-state index in [0.717, 1.165) is 99.6 Å². The van der Waals surface area contributed by atoms with Crippen molar-refractivity contribution in [3.05, 3.63) is 237 Å². The van der Waals surface area contributed by atoms with Crippen molar-refractivity contribution in [2.24, 2.45) is 0 Å². The lowest BCUT2D eigenvalue weighted by molar-refractivity contribution is 0.953. The van der Waals surface area contributed by atoms with Crippen molar-refractivity contribution >= 4 is 43.6 Å². The van der Waals surface area contributed by atoms with E-state index < -0.39 is 0 Å². The maximum atomic E-state index is 5.35. The lowest BCUT2D eigenvalue weighted by atomic mass is 10.0. The molecule has 4 heterocycles. The Balaban J connectivity index is 1.07.